The van der Waals surface area contributed by atoms with Gasteiger partial charge in [0.25, 0.3) is 0 Å². The van der Waals surface area contributed by atoms with Gasteiger partial charge >= 0.3 is 11.9 Å². The minimum absolute atomic E-state index is 0.164. The van der Waals surface area contributed by atoms with Crippen LogP contribution in [0.1, 0.15) is 12.8 Å². The molecule has 0 N–H and O–H groups in total. The van der Waals surface area contributed by atoms with Gasteiger partial charge in [0, 0.05) is 0 Å². The zero-order valence-corrected chi connectivity index (χ0v) is 9.27. The number of hydrogen-bond acceptors (Lipinski definition) is 4. The van der Waals surface area contributed by atoms with Gasteiger partial charge in [-0.25, -0.2) is 0 Å². The Balaban J connectivity index is 2.76. The highest BCUT2D eigenvalue weighted by Gasteiger charge is 2.49. The highest BCUT2D eigenvalue weighted by molar-refractivity contribution is 6.01. The molecule has 17 heavy (non-hydrogen) atoms. The van der Waals surface area contributed by atoms with E-state index in [1.165, 1.54) is 0 Å². The predicted molar refractivity (Wildman–Crippen MR) is 60.4 cm³/mol. The van der Waals surface area contributed by atoms with Gasteiger partial charge in [0.15, 0.2) is 18.6 Å². The van der Waals surface area contributed by atoms with Crippen LogP contribution in [0.3, 0.4) is 0 Å². The Morgan fingerprint density at radius 1 is 1.06 bits per heavy atom. The second-order valence-electron chi connectivity index (χ2n) is 3.52. The molecule has 0 spiro atoms. The zero-order valence-electron chi connectivity index (χ0n) is 9.27. The summed E-state index contributed by atoms with van der Waals surface area (Å²) in [7, 11) is 0. The van der Waals surface area contributed by atoms with Crippen LogP contribution in [0.15, 0.2) is 12.2 Å². The van der Waals surface area contributed by atoms with Crippen molar-refractivity contribution < 1.29 is 19.1 Å². The molecule has 1 rings (SSSR count). The van der Waals surface area contributed by atoms with Crippen LogP contribution in [0.2, 0.25) is 0 Å². The molecule has 88 valence electrons. The topological polar surface area (TPSA) is 52.6 Å². The van der Waals surface area contributed by atoms with Crippen LogP contribution in [0.4, 0.5) is 0 Å². The Kier molecular flexibility index (Phi) is 4.37. The van der Waals surface area contributed by atoms with Crippen LogP contribution < -0.4 is 0 Å². The van der Waals surface area contributed by atoms with E-state index in [2.05, 4.69) is 11.8 Å². The largest absolute Gasteiger partial charge is 0.452 e. The Morgan fingerprint density at radius 3 is 1.82 bits per heavy atom. The van der Waals surface area contributed by atoms with Crippen LogP contribution in [-0.2, 0) is 19.1 Å². The number of ether oxygens (including phenoxy) is 2. The summed E-state index contributed by atoms with van der Waals surface area (Å²) in [6.45, 7) is -0.327. The molecule has 0 radical (unpaired) electrons. The van der Waals surface area contributed by atoms with E-state index < -0.39 is 17.4 Å². The number of carbonyl (C=O) groups excluding carboxylic acids is 2. The third-order valence-electron chi connectivity index (χ3n) is 2.45. The lowest BCUT2D eigenvalue weighted by Gasteiger charge is -2.23. The number of carbonyl (C=O) groups is 2. The molecule has 0 atom stereocenters. The molecule has 4 nitrogen and oxygen atoms in total. The molecule has 1 aliphatic carbocycles. The van der Waals surface area contributed by atoms with Crippen molar-refractivity contribution in [3.8, 4) is 24.7 Å². The third-order valence-corrected chi connectivity index (χ3v) is 2.45. The molecule has 1 aliphatic rings. The van der Waals surface area contributed by atoms with Gasteiger partial charge < -0.3 is 9.47 Å². The maximum atomic E-state index is 11.8. The summed E-state index contributed by atoms with van der Waals surface area (Å²) in [5.41, 5.74) is -1.31. The highest BCUT2D eigenvalue weighted by Crippen LogP contribution is 2.36. The first kappa shape index (κ1) is 12.9. The van der Waals surface area contributed by atoms with Crippen molar-refractivity contribution in [3.63, 3.8) is 0 Å². The molecular weight excluding hydrogens is 220 g/mol. The molecule has 0 saturated heterocycles. The van der Waals surface area contributed by atoms with Crippen molar-refractivity contribution in [2.75, 3.05) is 13.2 Å². The van der Waals surface area contributed by atoms with Gasteiger partial charge in [-0.15, -0.1) is 12.8 Å². The van der Waals surface area contributed by atoms with Gasteiger partial charge in [-0.3, -0.25) is 9.59 Å². The molecule has 0 aromatic heterocycles. The second-order valence-corrected chi connectivity index (χ2v) is 3.52. The lowest BCUT2D eigenvalue weighted by molar-refractivity contribution is -0.170. The average molecular weight is 232 g/mol. The fourth-order valence-corrected chi connectivity index (χ4v) is 1.56. The molecule has 0 amide bonds. The molecule has 4 heteroatoms. The highest BCUT2D eigenvalue weighted by atomic mass is 16.6. The summed E-state index contributed by atoms with van der Waals surface area (Å²) in [4.78, 5) is 23.6. The third kappa shape index (κ3) is 2.68. The van der Waals surface area contributed by atoms with E-state index in [0.29, 0.717) is 0 Å². The monoisotopic (exact) mass is 232 g/mol. The minimum atomic E-state index is -1.31. The van der Waals surface area contributed by atoms with Crippen LogP contribution >= 0.6 is 0 Å². The standard InChI is InChI=1S/C13H12O4/c1-3-9-16-11(14)13(7-5-6-8-13)12(15)17-10-4-2/h1-2,5-6H,7-10H2. The molecule has 0 fully saturated rings. The lowest BCUT2D eigenvalue weighted by Crippen LogP contribution is -2.40. The van der Waals surface area contributed by atoms with Crippen LogP contribution in [-0.4, -0.2) is 25.2 Å². The van der Waals surface area contributed by atoms with Gasteiger partial charge in [-0.2, -0.15) is 0 Å². The maximum absolute atomic E-state index is 11.8. The van der Waals surface area contributed by atoms with E-state index in [1.807, 2.05) is 0 Å². The number of hydrogen-bond donors (Lipinski definition) is 0. The second kappa shape index (κ2) is 5.77. The molecule has 0 aliphatic heterocycles. The number of allylic oxidation sites excluding steroid dienone is 2. The summed E-state index contributed by atoms with van der Waals surface area (Å²) in [5.74, 6) is 3.02. The molecule has 0 heterocycles. The van der Waals surface area contributed by atoms with Crippen LogP contribution in [0.5, 0.6) is 0 Å². The number of terminal acetylenes is 2. The van der Waals surface area contributed by atoms with Crippen molar-refractivity contribution >= 4 is 11.9 Å². The SMILES string of the molecule is C#CCOC(=O)C1(C(=O)OCC#C)CC=CC1. The van der Waals surface area contributed by atoms with Crippen LogP contribution in [0, 0.1) is 30.1 Å². The normalized spacial score (nSPS) is 15.6. The maximum Gasteiger partial charge on any atom is 0.325 e. The summed E-state index contributed by atoms with van der Waals surface area (Å²) < 4.78 is 9.62. The van der Waals surface area contributed by atoms with E-state index in [9.17, 15) is 9.59 Å². The molecule has 0 bridgehead atoms. The van der Waals surface area contributed by atoms with Crippen molar-refractivity contribution in [1.29, 1.82) is 0 Å². The van der Waals surface area contributed by atoms with Gasteiger partial charge in [-0.05, 0) is 12.8 Å². The van der Waals surface area contributed by atoms with E-state index in [1.54, 1.807) is 12.2 Å². The van der Waals surface area contributed by atoms with Crippen molar-refractivity contribution in [1.82, 2.24) is 0 Å². The van der Waals surface area contributed by atoms with Gasteiger partial charge in [0.2, 0.25) is 0 Å². The van der Waals surface area contributed by atoms with Gasteiger partial charge in [0.05, 0.1) is 0 Å². The van der Waals surface area contributed by atoms with E-state index >= 15 is 0 Å². The Morgan fingerprint density at radius 2 is 1.47 bits per heavy atom. The fraction of sp³-hybridized carbons (Fsp3) is 0.385. The molecule has 0 unspecified atom stereocenters. The average Bonchev–Trinajstić information content (AvgIpc) is 2.83. The molecule has 0 aromatic rings. The summed E-state index contributed by atoms with van der Waals surface area (Å²) in [5, 5.41) is 0. The number of esters is 2. The first-order valence-corrected chi connectivity index (χ1v) is 5.04. The molecule has 0 saturated carbocycles. The molecular formula is C13H12O4. The first-order valence-electron chi connectivity index (χ1n) is 5.04. The van der Waals surface area contributed by atoms with Crippen LogP contribution in [0.25, 0.3) is 0 Å². The fourth-order valence-electron chi connectivity index (χ4n) is 1.56. The van der Waals surface area contributed by atoms with Gasteiger partial charge in [0.1, 0.15) is 0 Å². The van der Waals surface area contributed by atoms with Crippen molar-refractivity contribution in [2.24, 2.45) is 5.41 Å². The first-order chi connectivity index (χ1) is 8.17. The predicted octanol–water partition coefficient (Wildman–Crippen LogP) is 0.676. The Labute approximate surface area is 100.0 Å². The quantitative estimate of drug-likeness (QED) is 0.309. The van der Waals surface area contributed by atoms with Crippen molar-refractivity contribution in [2.45, 2.75) is 12.8 Å². The van der Waals surface area contributed by atoms with E-state index in [0.717, 1.165) is 0 Å². The zero-order chi connectivity index (χ0) is 12.7. The van der Waals surface area contributed by atoms with E-state index in [-0.39, 0.29) is 26.1 Å². The Hall–Kier alpha value is -2.20. The minimum Gasteiger partial charge on any atom is -0.452 e. The summed E-state index contributed by atoms with van der Waals surface area (Å²) >= 11 is 0. The van der Waals surface area contributed by atoms with E-state index in [4.69, 9.17) is 22.3 Å². The number of rotatable bonds is 4. The summed E-state index contributed by atoms with van der Waals surface area (Å²) in [6.07, 6.45) is 13.9. The smallest absolute Gasteiger partial charge is 0.325 e. The Bertz CT molecular complexity index is 380. The summed E-state index contributed by atoms with van der Waals surface area (Å²) in [6, 6.07) is 0. The van der Waals surface area contributed by atoms with Gasteiger partial charge in [-0.1, -0.05) is 24.0 Å². The van der Waals surface area contributed by atoms with Crippen molar-refractivity contribution in [3.05, 3.63) is 12.2 Å². The molecule has 0 aromatic carbocycles. The lowest BCUT2D eigenvalue weighted by atomic mass is 9.85.